The summed E-state index contributed by atoms with van der Waals surface area (Å²) in [6, 6.07) is 2.25. The van der Waals surface area contributed by atoms with Crippen LogP contribution in [0.5, 0.6) is 0 Å². The smallest absolute Gasteiger partial charge is 0.262 e. The standard InChI is InChI=1S/C13H16Cl3NO3S/c1-4-11(7(2)3)17-13(18)8-5-12(21(16,19)20)10(15)6-9(8)14/h5-7,11H,4H2,1-3H3,(H,17,18). The Bertz CT molecular complexity index is 644. The third kappa shape index (κ3) is 4.74. The molecule has 0 aliphatic carbocycles. The Hall–Kier alpha value is -0.490. The maximum atomic E-state index is 12.3. The topological polar surface area (TPSA) is 63.2 Å². The molecule has 21 heavy (non-hydrogen) atoms. The number of amides is 1. The summed E-state index contributed by atoms with van der Waals surface area (Å²) in [6.07, 6.45) is 0.745. The Morgan fingerprint density at radius 2 is 1.81 bits per heavy atom. The van der Waals surface area contributed by atoms with Gasteiger partial charge in [0.25, 0.3) is 15.0 Å². The molecule has 0 aliphatic heterocycles. The highest BCUT2D eigenvalue weighted by Gasteiger charge is 2.22. The van der Waals surface area contributed by atoms with Gasteiger partial charge in [-0.05, 0) is 24.5 Å². The molecule has 0 aliphatic rings. The van der Waals surface area contributed by atoms with Gasteiger partial charge in [-0.1, -0.05) is 44.0 Å². The molecule has 1 amide bonds. The van der Waals surface area contributed by atoms with Gasteiger partial charge < -0.3 is 5.32 Å². The van der Waals surface area contributed by atoms with Crippen molar-refractivity contribution in [3.63, 3.8) is 0 Å². The van der Waals surface area contributed by atoms with Crippen LogP contribution in [0, 0.1) is 5.92 Å². The van der Waals surface area contributed by atoms with E-state index in [0.717, 1.165) is 12.5 Å². The summed E-state index contributed by atoms with van der Waals surface area (Å²) in [5, 5.41) is 2.76. The fraction of sp³-hybridized carbons (Fsp3) is 0.462. The zero-order chi connectivity index (χ0) is 16.4. The van der Waals surface area contributed by atoms with Gasteiger partial charge in [0.15, 0.2) is 0 Å². The van der Waals surface area contributed by atoms with E-state index < -0.39 is 15.0 Å². The predicted octanol–water partition coefficient (Wildman–Crippen LogP) is 4.09. The number of nitrogens with one attached hydrogen (secondary N) is 1. The van der Waals surface area contributed by atoms with Crippen molar-refractivity contribution >= 4 is 48.8 Å². The van der Waals surface area contributed by atoms with Gasteiger partial charge in [0.2, 0.25) is 0 Å². The predicted molar refractivity (Wildman–Crippen MR) is 85.9 cm³/mol. The van der Waals surface area contributed by atoms with Crippen LogP contribution in [0.2, 0.25) is 10.0 Å². The van der Waals surface area contributed by atoms with E-state index in [1.54, 1.807) is 0 Å². The van der Waals surface area contributed by atoms with Crippen molar-refractivity contribution < 1.29 is 13.2 Å². The summed E-state index contributed by atoms with van der Waals surface area (Å²) in [5.74, 6) is -0.222. The highest BCUT2D eigenvalue weighted by Crippen LogP contribution is 2.30. The number of rotatable bonds is 5. The van der Waals surface area contributed by atoms with Crippen molar-refractivity contribution in [2.24, 2.45) is 5.92 Å². The van der Waals surface area contributed by atoms with Crippen LogP contribution in [-0.2, 0) is 9.05 Å². The Kier molecular flexibility index (Phi) is 6.35. The molecule has 1 aromatic rings. The minimum atomic E-state index is -4.06. The highest BCUT2D eigenvalue weighted by molar-refractivity contribution is 8.13. The molecule has 4 nitrogen and oxygen atoms in total. The number of carbonyl (C=O) groups is 1. The summed E-state index contributed by atoms with van der Waals surface area (Å²) in [5.41, 5.74) is 0.0272. The lowest BCUT2D eigenvalue weighted by molar-refractivity contribution is 0.0924. The Morgan fingerprint density at radius 1 is 1.24 bits per heavy atom. The first-order valence-electron chi connectivity index (χ1n) is 6.32. The van der Waals surface area contributed by atoms with E-state index in [-0.39, 0.29) is 32.5 Å². The van der Waals surface area contributed by atoms with Gasteiger partial charge in [-0.25, -0.2) is 8.42 Å². The van der Waals surface area contributed by atoms with Crippen LogP contribution in [0.3, 0.4) is 0 Å². The summed E-state index contributed by atoms with van der Waals surface area (Å²) in [4.78, 5) is 11.9. The maximum absolute atomic E-state index is 12.3. The van der Waals surface area contributed by atoms with E-state index >= 15 is 0 Å². The number of carbonyl (C=O) groups excluding carboxylic acids is 1. The quantitative estimate of drug-likeness (QED) is 0.792. The Labute approximate surface area is 139 Å². The number of benzene rings is 1. The first-order chi connectivity index (χ1) is 9.57. The van der Waals surface area contributed by atoms with E-state index in [9.17, 15) is 13.2 Å². The molecule has 0 saturated heterocycles. The van der Waals surface area contributed by atoms with E-state index in [1.165, 1.54) is 6.07 Å². The third-order valence-corrected chi connectivity index (χ3v) is 5.19. The Morgan fingerprint density at radius 3 is 2.24 bits per heavy atom. The fourth-order valence-corrected chi connectivity index (χ4v) is 3.70. The minimum absolute atomic E-state index is 0.0272. The first-order valence-corrected chi connectivity index (χ1v) is 9.39. The molecule has 0 fully saturated rings. The zero-order valence-corrected chi connectivity index (χ0v) is 14.9. The molecule has 0 bridgehead atoms. The van der Waals surface area contributed by atoms with Gasteiger partial charge in [0, 0.05) is 16.7 Å². The first kappa shape index (κ1) is 18.6. The van der Waals surface area contributed by atoms with Crippen molar-refractivity contribution in [1.29, 1.82) is 0 Å². The van der Waals surface area contributed by atoms with E-state index in [2.05, 4.69) is 5.32 Å². The highest BCUT2D eigenvalue weighted by atomic mass is 35.7. The largest absolute Gasteiger partial charge is 0.349 e. The zero-order valence-electron chi connectivity index (χ0n) is 11.8. The van der Waals surface area contributed by atoms with Gasteiger partial charge in [-0.15, -0.1) is 0 Å². The van der Waals surface area contributed by atoms with Crippen molar-refractivity contribution in [2.75, 3.05) is 0 Å². The second kappa shape index (κ2) is 7.18. The molecule has 118 valence electrons. The summed E-state index contributed by atoms with van der Waals surface area (Å²) in [6.45, 7) is 5.90. The van der Waals surface area contributed by atoms with Crippen LogP contribution in [0.1, 0.15) is 37.6 Å². The van der Waals surface area contributed by atoms with E-state index in [0.29, 0.717) is 0 Å². The molecule has 1 N–H and O–H groups in total. The average molecular weight is 373 g/mol. The number of hydrogen-bond donors (Lipinski definition) is 1. The average Bonchev–Trinajstić information content (AvgIpc) is 2.33. The van der Waals surface area contributed by atoms with Gasteiger partial charge in [0.1, 0.15) is 4.90 Å². The lowest BCUT2D eigenvalue weighted by Gasteiger charge is -2.21. The van der Waals surface area contributed by atoms with Crippen LogP contribution >= 0.6 is 33.9 Å². The molecule has 0 saturated carbocycles. The molecular weight excluding hydrogens is 357 g/mol. The summed E-state index contributed by atoms with van der Waals surface area (Å²) >= 11 is 11.8. The molecule has 1 unspecified atom stereocenters. The fourth-order valence-electron chi connectivity index (χ4n) is 1.88. The van der Waals surface area contributed by atoms with E-state index in [1.807, 2.05) is 20.8 Å². The van der Waals surface area contributed by atoms with Crippen LogP contribution < -0.4 is 5.32 Å². The van der Waals surface area contributed by atoms with E-state index in [4.69, 9.17) is 33.9 Å². The van der Waals surface area contributed by atoms with Gasteiger partial charge in [0.05, 0.1) is 15.6 Å². The second-order valence-electron chi connectivity index (χ2n) is 4.93. The van der Waals surface area contributed by atoms with Gasteiger partial charge in [-0.2, -0.15) is 0 Å². The van der Waals surface area contributed by atoms with Crippen LogP contribution in [0.4, 0.5) is 0 Å². The van der Waals surface area contributed by atoms with Crippen LogP contribution in [0.15, 0.2) is 17.0 Å². The monoisotopic (exact) mass is 371 g/mol. The number of halogens is 3. The summed E-state index contributed by atoms with van der Waals surface area (Å²) in [7, 11) is 1.23. The van der Waals surface area contributed by atoms with Crippen LogP contribution in [-0.4, -0.2) is 20.4 Å². The maximum Gasteiger partial charge on any atom is 0.262 e. The molecule has 1 rings (SSSR count). The van der Waals surface area contributed by atoms with Crippen LogP contribution in [0.25, 0.3) is 0 Å². The molecule has 1 atom stereocenters. The lowest BCUT2D eigenvalue weighted by Crippen LogP contribution is -2.38. The molecule has 1 aromatic carbocycles. The normalized spacial score (nSPS) is 13.3. The van der Waals surface area contributed by atoms with Crippen molar-refractivity contribution in [3.05, 3.63) is 27.7 Å². The molecular formula is C13H16Cl3NO3S. The second-order valence-corrected chi connectivity index (χ2v) is 8.28. The number of hydrogen-bond acceptors (Lipinski definition) is 3. The lowest BCUT2D eigenvalue weighted by atomic mass is 10.0. The van der Waals surface area contributed by atoms with Crippen molar-refractivity contribution in [2.45, 2.75) is 38.1 Å². The third-order valence-electron chi connectivity index (χ3n) is 3.09. The van der Waals surface area contributed by atoms with Crippen molar-refractivity contribution in [1.82, 2.24) is 5.32 Å². The molecule has 0 radical (unpaired) electrons. The SMILES string of the molecule is CCC(NC(=O)c1cc(S(=O)(=O)Cl)c(Cl)cc1Cl)C(C)C. The van der Waals surface area contributed by atoms with Gasteiger partial charge in [-0.3, -0.25) is 4.79 Å². The molecule has 8 heteroatoms. The summed E-state index contributed by atoms with van der Waals surface area (Å²) < 4.78 is 22.9. The minimum Gasteiger partial charge on any atom is -0.349 e. The molecule has 0 aromatic heterocycles. The van der Waals surface area contributed by atoms with Gasteiger partial charge >= 0.3 is 0 Å². The van der Waals surface area contributed by atoms with Crippen molar-refractivity contribution in [3.8, 4) is 0 Å². The Balaban J connectivity index is 3.22. The molecule has 0 heterocycles. The molecule has 0 spiro atoms.